The molecule has 1 atom stereocenters. The van der Waals surface area contributed by atoms with Crippen LogP contribution in [0.3, 0.4) is 0 Å². The second-order valence-electron chi connectivity index (χ2n) is 3.59. The Morgan fingerprint density at radius 3 is 2.92 bits per heavy atom. The molecular weight excluding hydrogens is 172 g/mol. The first-order chi connectivity index (χ1) is 6.14. The Morgan fingerprint density at radius 1 is 1.54 bits per heavy atom. The van der Waals surface area contributed by atoms with E-state index in [0.717, 1.165) is 0 Å². The molecule has 0 unspecified atom stereocenters. The summed E-state index contributed by atoms with van der Waals surface area (Å²) in [6.45, 7) is 1.00. The van der Waals surface area contributed by atoms with Crippen LogP contribution >= 0.6 is 0 Å². The Morgan fingerprint density at radius 2 is 2.31 bits per heavy atom. The molecule has 5 nitrogen and oxygen atoms in total. The van der Waals surface area contributed by atoms with Gasteiger partial charge in [0.25, 0.3) is 5.91 Å². The summed E-state index contributed by atoms with van der Waals surface area (Å²) in [4.78, 5) is 24.4. The fourth-order valence-electron chi connectivity index (χ4n) is 1.84. The Kier molecular flexibility index (Phi) is 1.76. The van der Waals surface area contributed by atoms with E-state index in [1.165, 1.54) is 4.90 Å². The van der Waals surface area contributed by atoms with Gasteiger partial charge in [0.05, 0.1) is 13.2 Å². The molecule has 5 heteroatoms. The van der Waals surface area contributed by atoms with E-state index in [0.29, 0.717) is 19.6 Å². The van der Waals surface area contributed by atoms with E-state index in [4.69, 9.17) is 4.74 Å². The summed E-state index contributed by atoms with van der Waals surface area (Å²) in [5.41, 5.74) is -0.760. The van der Waals surface area contributed by atoms with E-state index in [2.05, 4.69) is 5.32 Å². The third-order valence-electron chi connectivity index (χ3n) is 2.54. The van der Waals surface area contributed by atoms with Crippen molar-refractivity contribution < 1.29 is 14.3 Å². The Bertz CT molecular complexity index is 258. The standard InChI is InChI=1S/C8H12N2O3/c1-10-4-6(11)9-8(7(10)12)2-3-13-5-8/h2-5H2,1H3,(H,9,11)/t8-/m0/s1. The van der Waals surface area contributed by atoms with Crippen LogP contribution in [0.25, 0.3) is 0 Å². The third kappa shape index (κ3) is 1.19. The molecule has 0 aliphatic carbocycles. The van der Waals surface area contributed by atoms with Crippen molar-refractivity contribution in [2.24, 2.45) is 0 Å². The van der Waals surface area contributed by atoms with Gasteiger partial charge in [-0.25, -0.2) is 0 Å². The summed E-state index contributed by atoms with van der Waals surface area (Å²) in [6, 6.07) is 0. The molecule has 0 aromatic carbocycles. The van der Waals surface area contributed by atoms with Gasteiger partial charge in [-0.15, -0.1) is 0 Å². The van der Waals surface area contributed by atoms with Crippen LogP contribution in [0.15, 0.2) is 0 Å². The van der Waals surface area contributed by atoms with E-state index in [1.807, 2.05) is 0 Å². The maximum absolute atomic E-state index is 11.7. The second-order valence-corrected chi connectivity index (χ2v) is 3.59. The molecule has 2 rings (SSSR count). The Balaban J connectivity index is 2.25. The maximum Gasteiger partial charge on any atom is 0.251 e. The highest BCUT2D eigenvalue weighted by molar-refractivity contribution is 5.98. The normalized spacial score (nSPS) is 34.1. The number of likely N-dealkylation sites (N-methyl/N-ethyl adjacent to an activating group) is 1. The van der Waals surface area contributed by atoms with Gasteiger partial charge >= 0.3 is 0 Å². The molecule has 0 radical (unpaired) electrons. The molecule has 2 amide bonds. The van der Waals surface area contributed by atoms with Crippen molar-refractivity contribution in [3.05, 3.63) is 0 Å². The maximum atomic E-state index is 11.7. The van der Waals surface area contributed by atoms with Crippen LogP contribution in [-0.4, -0.2) is 49.1 Å². The predicted molar refractivity (Wildman–Crippen MR) is 43.9 cm³/mol. The van der Waals surface area contributed by atoms with Crippen LogP contribution in [0.4, 0.5) is 0 Å². The quantitative estimate of drug-likeness (QED) is 0.511. The van der Waals surface area contributed by atoms with Crippen molar-refractivity contribution in [1.29, 1.82) is 0 Å². The number of ether oxygens (including phenoxy) is 1. The lowest BCUT2D eigenvalue weighted by atomic mass is 9.94. The molecule has 0 aromatic rings. The number of rotatable bonds is 0. The van der Waals surface area contributed by atoms with E-state index in [9.17, 15) is 9.59 Å². The molecule has 13 heavy (non-hydrogen) atoms. The molecule has 0 saturated carbocycles. The lowest BCUT2D eigenvalue weighted by molar-refractivity contribution is -0.148. The minimum atomic E-state index is -0.760. The van der Waals surface area contributed by atoms with Crippen LogP contribution in [0.1, 0.15) is 6.42 Å². The first-order valence-corrected chi connectivity index (χ1v) is 4.28. The molecule has 2 saturated heterocycles. The van der Waals surface area contributed by atoms with E-state index in [1.54, 1.807) is 7.05 Å². The molecule has 1 spiro atoms. The molecule has 0 aromatic heterocycles. The highest BCUT2D eigenvalue weighted by atomic mass is 16.5. The smallest absolute Gasteiger partial charge is 0.251 e. The zero-order valence-electron chi connectivity index (χ0n) is 7.50. The summed E-state index contributed by atoms with van der Waals surface area (Å²) in [6.07, 6.45) is 0.585. The van der Waals surface area contributed by atoms with Crippen LogP contribution in [0.2, 0.25) is 0 Å². The summed E-state index contributed by atoms with van der Waals surface area (Å²) in [7, 11) is 1.64. The van der Waals surface area contributed by atoms with Gasteiger partial charge in [-0.2, -0.15) is 0 Å². The average Bonchev–Trinajstić information content (AvgIpc) is 2.50. The van der Waals surface area contributed by atoms with Crippen LogP contribution in [-0.2, 0) is 14.3 Å². The molecule has 2 heterocycles. The van der Waals surface area contributed by atoms with Crippen molar-refractivity contribution in [2.75, 3.05) is 26.8 Å². The Labute approximate surface area is 76.0 Å². The van der Waals surface area contributed by atoms with Gasteiger partial charge in [0.1, 0.15) is 5.54 Å². The van der Waals surface area contributed by atoms with Crippen LogP contribution in [0, 0.1) is 0 Å². The SMILES string of the molecule is CN1CC(=O)N[C@]2(CCOC2)C1=O. The fourth-order valence-corrected chi connectivity index (χ4v) is 1.84. The van der Waals surface area contributed by atoms with Crippen LogP contribution < -0.4 is 5.32 Å². The van der Waals surface area contributed by atoms with Gasteiger partial charge in [-0.1, -0.05) is 0 Å². The molecule has 2 aliphatic rings. The first-order valence-electron chi connectivity index (χ1n) is 4.28. The van der Waals surface area contributed by atoms with E-state index in [-0.39, 0.29) is 18.4 Å². The monoisotopic (exact) mass is 184 g/mol. The second kappa shape index (κ2) is 2.70. The molecule has 1 N–H and O–H groups in total. The zero-order valence-corrected chi connectivity index (χ0v) is 7.50. The number of hydrogen-bond donors (Lipinski definition) is 1. The number of carbonyl (C=O) groups excluding carboxylic acids is 2. The highest BCUT2D eigenvalue weighted by Gasteiger charge is 2.48. The minimum Gasteiger partial charge on any atom is -0.378 e. The van der Waals surface area contributed by atoms with Gasteiger partial charge < -0.3 is 15.0 Å². The van der Waals surface area contributed by atoms with Crippen molar-refractivity contribution in [2.45, 2.75) is 12.0 Å². The highest BCUT2D eigenvalue weighted by Crippen LogP contribution is 2.23. The molecule has 2 aliphatic heterocycles. The van der Waals surface area contributed by atoms with Crippen molar-refractivity contribution in [3.8, 4) is 0 Å². The number of nitrogens with one attached hydrogen (secondary N) is 1. The number of piperazine rings is 1. The summed E-state index contributed by atoms with van der Waals surface area (Å²) >= 11 is 0. The zero-order chi connectivity index (χ0) is 9.47. The predicted octanol–water partition coefficient (Wildman–Crippen LogP) is -1.27. The number of amides is 2. The molecule has 72 valence electrons. The number of nitrogens with zero attached hydrogens (tertiary/aromatic N) is 1. The number of carbonyl (C=O) groups is 2. The average molecular weight is 184 g/mol. The number of hydrogen-bond acceptors (Lipinski definition) is 3. The lowest BCUT2D eigenvalue weighted by Crippen LogP contribution is -2.66. The summed E-state index contributed by atoms with van der Waals surface area (Å²) < 4.78 is 5.14. The largest absolute Gasteiger partial charge is 0.378 e. The lowest BCUT2D eigenvalue weighted by Gasteiger charge is -2.36. The van der Waals surface area contributed by atoms with Crippen LogP contribution in [0.5, 0.6) is 0 Å². The topological polar surface area (TPSA) is 58.6 Å². The van der Waals surface area contributed by atoms with Gasteiger partial charge in [0, 0.05) is 20.1 Å². The molecule has 2 fully saturated rings. The summed E-state index contributed by atoms with van der Waals surface area (Å²) in [5.74, 6) is -0.141. The van der Waals surface area contributed by atoms with E-state index < -0.39 is 5.54 Å². The van der Waals surface area contributed by atoms with Gasteiger partial charge in [-0.3, -0.25) is 9.59 Å². The van der Waals surface area contributed by atoms with Gasteiger partial charge in [-0.05, 0) is 0 Å². The van der Waals surface area contributed by atoms with Gasteiger partial charge in [0.2, 0.25) is 5.91 Å². The van der Waals surface area contributed by atoms with Crippen molar-refractivity contribution in [3.63, 3.8) is 0 Å². The van der Waals surface area contributed by atoms with E-state index >= 15 is 0 Å². The Hall–Kier alpha value is -1.10. The first kappa shape index (κ1) is 8.50. The summed E-state index contributed by atoms with van der Waals surface area (Å²) in [5, 5.41) is 2.72. The fraction of sp³-hybridized carbons (Fsp3) is 0.750. The van der Waals surface area contributed by atoms with Crippen molar-refractivity contribution >= 4 is 11.8 Å². The van der Waals surface area contributed by atoms with Gasteiger partial charge in [0.15, 0.2) is 0 Å². The van der Waals surface area contributed by atoms with Crippen molar-refractivity contribution in [1.82, 2.24) is 10.2 Å². The molecule has 0 bridgehead atoms. The third-order valence-corrected chi connectivity index (χ3v) is 2.54. The molecular formula is C8H12N2O3. The minimum absolute atomic E-state index is 0.0374.